The van der Waals surface area contributed by atoms with Gasteiger partial charge in [0, 0.05) is 28.4 Å². The Labute approximate surface area is 132 Å². The zero-order valence-corrected chi connectivity index (χ0v) is 12.6. The first-order chi connectivity index (χ1) is 10.7. The third-order valence-corrected chi connectivity index (χ3v) is 4.04. The Balaban J connectivity index is 1.85. The predicted octanol–water partition coefficient (Wildman–Crippen LogP) is 4.58. The fraction of sp³-hybridized carbons (Fsp3) is 0.0588. The van der Waals surface area contributed by atoms with Crippen LogP contribution in [0.5, 0.6) is 0 Å². The van der Waals surface area contributed by atoms with Crippen LogP contribution in [0.2, 0.25) is 5.02 Å². The number of aromatic nitrogens is 4. The molecule has 4 aromatic rings. The van der Waals surface area contributed by atoms with Crippen LogP contribution in [0, 0.1) is 6.92 Å². The Morgan fingerprint density at radius 1 is 1.05 bits per heavy atom. The van der Waals surface area contributed by atoms with Gasteiger partial charge in [-0.2, -0.15) is 0 Å². The molecule has 4 rings (SSSR count). The minimum absolute atomic E-state index is 0.735. The number of aryl methyl sites for hydroxylation is 1. The molecule has 3 aromatic heterocycles. The van der Waals surface area contributed by atoms with Crippen LogP contribution in [-0.2, 0) is 0 Å². The maximum absolute atomic E-state index is 6.12. The summed E-state index contributed by atoms with van der Waals surface area (Å²) in [5.74, 6) is 0. The molecule has 3 heterocycles. The molecule has 0 atom stereocenters. The van der Waals surface area contributed by atoms with E-state index in [9.17, 15) is 0 Å². The van der Waals surface area contributed by atoms with Crippen molar-refractivity contribution >= 4 is 22.6 Å². The third-order valence-electron chi connectivity index (χ3n) is 3.80. The number of nitrogens with one attached hydrogen (secondary N) is 2. The SMILES string of the molecule is Cc1ccc(Cl)cc1-c1c[nH]c(-c2ncnc3[nH]ccc23)c1. The number of halogens is 1. The smallest absolute Gasteiger partial charge is 0.141 e. The molecule has 1 aromatic carbocycles. The lowest BCUT2D eigenvalue weighted by Gasteiger charge is -2.03. The molecule has 0 aliphatic rings. The summed E-state index contributed by atoms with van der Waals surface area (Å²) < 4.78 is 0. The van der Waals surface area contributed by atoms with E-state index < -0.39 is 0 Å². The van der Waals surface area contributed by atoms with Gasteiger partial charge < -0.3 is 9.97 Å². The lowest BCUT2D eigenvalue weighted by atomic mass is 10.0. The molecule has 0 radical (unpaired) electrons. The Bertz CT molecular complexity index is 968. The van der Waals surface area contributed by atoms with E-state index >= 15 is 0 Å². The maximum Gasteiger partial charge on any atom is 0.141 e. The highest BCUT2D eigenvalue weighted by atomic mass is 35.5. The van der Waals surface area contributed by atoms with Gasteiger partial charge in [0.05, 0.1) is 11.4 Å². The number of H-pyrrole nitrogens is 2. The molecule has 0 saturated carbocycles. The average molecular weight is 309 g/mol. The quantitative estimate of drug-likeness (QED) is 0.569. The molecule has 5 heteroatoms. The summed E-state index contributed by atoms with van der Waals surface area (Å²) in [6.45, 7) is 2.08. The van der Waals surface area contributed by atoms with Crippen LogP contribution in [0.15, 0.2) is 49.1 Å². The molecule has 0 unspecified atom stereocenters. The lowest BCUT2D eigenvalue weighted by molar-refractivity contribution is 1.19. The van der Waals surface area contributed by atoms with Crippen molar-refractivity contribution in [1.29, 1.82) is 0 Å². The van der Waals surface area contributed by atoms with Gasteiger partial charge in [-0.05, 0) is 42.3 Å². The van der Waals surface area contributed by atoms with E-state index in [0.717, 1.165) is 38.6 Å². The van der Waals surface area contributed by atoms with Gasteiger partial charge in [-0.25, -0.2) is 9.97 Å². The van der Waals surface area contributed by atoms with Crippen molar-refractivity contribution in [3.05, 3.63) is 59.6 Å². The molecular weight excluding hydrogens is 296 g/mol. The van der Waals surface area contributed by atoms with Gasteiger partial charge in [-0.15, -0.1) is 0 Å². The second kappa shape index (κ2) is 5.00. The van der Waals surface area contributed by atoms with Crippen LogP contribution in [0.4, 0.5) is 0 Å². The second-order valence-electron chi connectivity index (χ2n) is 5.22. The second-order valence-corrected chi connectivity index (χ2v) is 5.66. The van der Waals surface area contributed by atoms with Gasteiger partial charge >= 0.3 is 0 Å². The standard InChI is InChI=1S/C17H13ClN4/c1-10-2-3-12(18)7-14(10)11-6-15(20-8-11)16-13-4-5-19-17(13)22-9-21-16/h2-9,20H,1H3,(H,19,21,22). The molecular formula is C17H13ClN4. The van der Waals surface area contributed by atoms with Crippen LogP contribution in [0.1, 0.15) is 5.56 Å². The first-order valence-electron chi connectivity index (χ1n) is 6.96. The molecule has 4 nitrogen and oxygen atoms in total. The number of fused-ring (bicyclic) bond motifs is 1. The fourth-order valence-corrected chi connectivity index (χ4v) is 2.85. The summed E-state index contributed by atoms with van der Waals surface area (Å²) >= 11 is 6.12. The van der Waals surface area contributed by atoms with Crippen LogP contribution in [-0.4, -0.2) is 19.9 Å². The molecule has 0 fully saturated rings. The van der Waals surface area contributed by atoms with Crippen LogP contribution in [0.25, 0.3) is 33.5 Å². The summed E-state index contributed by atoms with van der Waals surface area (Å²) in [6.07, 6.45) is 5.42. The van der Waals surface area contributed by atoms with Gasteiger partial charge in [-0.1, -0.05) is 17.7 Å². The molecule has 0 aliphatic heterocycles. The molecule has 0 bridgehead atoms. The van der Waals surface area contributed by atoms with Crippen molar-refractivity contribution in [3.63, 3.8) is 0 Å². The van der Waals surface area contributed by atoms with Crippen molar-refractivity contribution in [1.82, 2.24) is 19.9 Å². The summed E-state index contributed by atoms with van der Waals surface area (Å²) in [6, 6.07) is 9.99. The van der Waals surface area contributed by atoms with Gasteiger partial charge in [0.15, 0.2) is 0 Å². The minimum Gasteiger partial charge on any atom is -0.359 e. The van der Waals surface area contributed by atoms with Crippen LogP contribution >= 0.6 is 11.6 Å². The number of hydrogen-bond donors (Lipinski definition) is 2. The lowest BCUT2D eigenvalue weighted by Crippen LogP contribution is -1.86. The zero-order valence-electron chi connectivity index (χ0n) is 11.9. The van der Waals surface area contributed by atoms with E-state index in [1.165, 1.54) is 5.56 Å². The molecule has 0 aliphatic carbocycles. The molecule has 0 spiro atoms. The van der Waals surface area contributed by atoms with Crippen molar-refractivity contribution in [2.24, 2.45) is 0 Å². The van der Waals surface area contributed by atoms with E-state index in [-0.39, 0.29) is 0 Å². The highest BCUT2D eigenvalue weighted by Gasteiger charge is 2.11. The number of benzene rings is 1. The van der Waals surface area contributed by atoms with Crippen LogP contribution < -0.4 is 0 Å². The first kappa shape index (κ1) is 13.1. The largest absolute Gasteiger partial charge is 0.359 e. The van der Waals surface area contributed by atoms with Crippen molar-refractivity contribution in [2.75, 3.05) is 0 Å². The van der Waals surface area contributed by atoms with Gasteiger partial charge in [0.25, 0.3) is 0 Å². The Kier molecular flexibility index (Phi) is 2.98. The van der Waals surface area contributed by atoms with E-state index in [1.807, 2.05) is 36.7 Å². The summed E-state index contributed by atoms with van der Waals surface area (Å²) in [5.41, 5.74) is 6.08. The predicted molar refractivity (Wildman–Crippen MR) is 88.9 cm³/mol. The summed E-state index contributed by atoms with van der Waals surface area (Å²) in [5, 5.41) is 1.73. The third kappa shape index (κ3) is 2.09. The Hall–Kier alpha value is -2.59. The summed E-state index contributed by atoms with van der Waals surface area (Å²) in [4.78, 5) is 15.0. The zero-order chi connectivity index (χ0) is 15.1. The monoisotopic (exact) mass is 308 g/mol. The number of rotatable bonds is 2. The normalized spacial score (nSPS) is 11.2. The summed E-state index contributed by atoms with van der Waals surface area (Å²) in [7, 11) is 0. The minimum atomic E-state index is 0.735. The van der Waals surface area contributed by atoms with Crippen molar-refractivity contribution in [2.45, 2.75) is 6.92 Å². The van der Waals surface area contributed by atoms with E-state index in [2.05, 4.69) is 32.9 Å². The highest BCUT2D eigenvalue weighted by Crippen LogP contribution is 2.31. The first-order valence-corrected chi connectivity index (χ1v) is 7.33. The Morgan fingerprint density at radius 3 is 2.86 bits per heavy atom. The number of aromatic amines is 2. The molecule has 0 amide bonds. The van der Waals surface area contributed by atoms with Gasteiger partial charge in [-0.3, -0.25) is 0 Å². The molecule has 22 heavy (non-hydrogen) atoms. The van der Waals surface area contributed by atoms with Crippen molar-refractivity contribution in [3.8, 4) is 22.5 Å². The number of hydrogen-bond acceptors (Lipinski definition) is 2. The van der Waals surface area contributed by atoms with E-state index in [4.69, 9.17) is 11.6 Å². The topological polar surface area (TPSA) is 57.4 Å². The molecule has 2 N–H and O–H groups in total. The van der Waals surface area contributed by atoms with E-state index in [0.29, 0.717) is 0 Å². The van der Waals surface area contributed by atoms with Crippen molar-refractivity contribution < 1.29 is 0 Å². The van der Waals surface area contributed by atoms with Crippen LogP contribution in [0.3, 0.4) is 0 Å². The molecule has 0 saturated heterocycles. The molecule has 108 valence electrons. The Morgan fingerprint density at radius 2 is 1.95 bits per heavy atom. The van der Waals surface area contributed by atoms with Gasteiger partial charge in [0.1, 0.15) is 12.0 Å². The van der Waals surface area contributed by atoms with E-state index in [1.54, 1.807) is 6.33 Å². The highest BCUT2D eigenvalue weighted by molar-refractivity contribution is 6.30. The van der Waals surface area contributed by atoms with Gasteiger partial charge in [0.2, 0.25) is 0 Å². The maximum atomic E-state index is 6.12. The average Bonchev–Trinajstić information content (AvgIpc) is 3.17. The fourth-order valence-electron chi connectivity index (χ4n) is 2.68. The number of nitrogens with zero attached hydrogens (tertiary/aromatic N) is 2.